The van der Waals surface area contributed by atoms with E-state index in [9.17, 15) is 0 Å². The molecular weight excluding hydrogens is 541 g/mol. The van der Waals surface area contributed by atoms with Gasteiger partial charge in [0.15, 0.2) is 0 Å². The van der Waals surface area contributed by atoms with Crippen molar-refractivity contribution in [3.05, 3.63) is 157 Å². The fourth-order valence-corrected chi connectivity index (χ4v) is 7.54. The highest BCUT2D eigenvalue weighted by molar-refractivity contribution is 7.18. The zero-order chi connectivity index (χ0) is 29.0. The molecule has 0 unspecified atom stereocenters. The van der Waals surface area contributed by atoms with Crippen molar-refractivity contribution in [2.75, 3.05) is 0 Å². The van der Waals surface area contributed by atoms with Gasteiger partial charge in [-0.1, -0.05) is 129 Å². The molecule has 0 amide bonds. The van der Waals surface area contributed by atoms with E-state index in [4.69, 9.17) is 4.74 Å². The Balaban J connectivity index is 1.25. The summed E-state index contributed by atoms with van der Waals surface area (Å²) in [6, 6.07) is 52.5. The number of ether oxygens (including phenoxy) is 1. The van der Waals surface area contributed by atoms with E-state index in [0.717, 1.165) is 11.5 Å². The van der Waals surface area contributed by atoms with Crippen LogP contribution in [-0.4, -0.2) is 0 Å². The summed E-state index contributed by atoms with van der Waals surface area (Å²) >= 11 is 1.84. The number of rotatable bonds is 4. The van der Waals surface area contributed by atoms with Gasteiger partial charge in [0.25, 0.3) is 0 Å². The van der Waals surface area contributed by atoms with Crippen LogP contribution in [0.4, 0.5) is 0 Å². The second-order valence-electron chi connectivity index (χ2n) is 11.8. The van der Waals surface area contributed by atoms with E-state index < -0.39 is 0 Å². The minimum atomic E-state index is -0.117. The molecule has 1 aliphatic heterocycles. The molecule has 0 saturated heterocycles. The third-order valence-electron chi connectivity index (χ3n) is 8.80. The molecule has 2 heterocycles. The van der Waals surface area contributed by atoms with Crippen LogP contribution in [0.25, 0.3) is 53.9 Å². The molecule has 7 aromatic rings. The van der Waals surface area contributed by atoms with Crippen LogP contribution < -0.4 is 4.74 Å². The van der Waals surface area contributed by atoms with Crippen molar-refractivity contribution in [2.24, 2.45) is 0 Å². The van der Waals surface area contributed by atoms with Crippen LogP contribution >= 0.6 is 11.3 Å². The maximum absolute atomic E-state index is 6.45. The Morgan fingerprint density at radius 2 is 1.19 bits per heavy atom. The Bertz CT molecular complexity index is 2130. The molecule has 0 atom stereocenters. The van der Waals surface area contributed by atoms with E-state index in [1.165, 1.54) is 65.0 Å². The number of para-hydroxylation sites is 1. The van der Waals surface area contributed by atoms with Crippen LogP contribution in [0.5, 0.6) is 11.5 Å². The Labute approximate surface area is 256 Å². The number of hydrogen-bond acceptors (Lipinski definition) is 2. The van der Waals surface area contributed by atoms with E-state index in [0.29, 0.717) is 0 Å². The van der Waals surface area contributed by atoms with Gasteiger partial charge in [-0.05, 0) is 68.9 Å². The number of fused-ring (bicyclic) bond motifs is 3. The summed E-state index contributed by atoms with van der Waals surface area (Å²) in [5.41, 5.74) is 9.71. The number of benzene rings is 6. The van der Waals surface area contributed by atoms with Crippen molar-refractivity contribution in [3.63, 3.8) is 0 Å². The summed E-state index contributed by atoms with van der Waals surface area (Å²) < 4.78 is 6.45. The van der Waals surface area contributed by atoms with Gasteiger partial charge in [0.05, 0.1) is 0 Å². The molecule has 0 aliphatic carbocycles. The Morgan fingerprint density at radius 1 is 0.465 bits per heavy atom. The largest absolute Gasteiger partial charge is 0.457 e. The van der Waals surface area contributed by atoms with Crippen molar-refractivity contribution >= 4 is 22.1 Å². The first-order chi connectivity index (χ1) is 21.1. The zero-order valence-corrected chi connectivity index (χ0v) is 25.0. The molecule has 206 valence electrons. The van der Waals surface area contributed by atoms with Gasteiger partial charge < -0.3 is 4.74 Å². The lowest BCUT2D eigenvalue weighted by Gasteiger charge is -2.34. The second kappa shape index (κ2) is 10.1. The molecule has 0 radical (unpaired) electrons. The van der Waals surface area contributed by atoms with Gasteiger partial charge in [0.2, 0.25) is 0 Å². The molecule has 6 aromatic carbocycles. The van der Waals surface area contributed by atoms with Crippen LogP contribution in [0, 0.1) is 0 Å². The molecule has 0 saturated carbocycles. The smallest absolute Gasteiger partial charge is 0.132 e. The summed E-state index contributed by atoms with van der Waals surface area (Å²) in [6.07, 6.45) is 0. The molecule has 1 aliphatic rings. The van der Waals surface area contributed by atoms with Gasteiger partial charge >= 0.3 is 0 Å². The van der Waals surface area contributed by atoms with Crippen LogP contribution in [-0.2, 0) is 5.41 Å². The number of hydrogen-bond donors (Lipinski definition) is 0. The summed E-state index contributed by atoms with van der Waals surface area (Å²) in [5, 5.41) is 2.52. The highest BCUT2D eigenvalue weighted by Crippen LogP contribution is 2.50. The quantitative estimate of drug-likeness (QED) is 0.204. The van der Waals surface area contributed by atoms with E-state index in [-0.39, 0.29) is 5.41 Å². The Kier molecular flexibility index (Phi) is 6.06. The van der Waals surface area contributed by atoms with Gasteiger partial charge in [0, 0.05) is 31.9 Å². The van der Waals surface area contributed by atoms with E-state index in [2.05, 4.69) is 153 Å². The molecule has 0 bridgehead atoms. The summed E-state index contributed by atoms with van der Waals surface area (Å²) in [7, 11) is 0. The van der Waals surface area contributed by atoms with Crippen LogP contribution in [0.1, 0.15) is 25.0 Å². The second-order valence-corrected chi connectivity index (χ2v) is 12.8. The minimum absolute atomic E-state index is 0.117. The maximum Gasteiger partial charge on any atom is 0.132 e. The minimum Gasteiger partial charge on any atom is -0.457 e. The molecule has 0 fully saturated rings. The average molecular weight is 571 g/mol. The first-order valence-corrected chi connectivity index (χ1v) is 15.6. The van der Waals surface area contributed by atoms with Crippen molar-refractivity contribution in [1.29, 1.82) is 0 Å². The van der Waals surface area contributed by atoms with Crippen molar-refractivity contribution in [2.45, 2.75) is 19.3 Å². The monoisotopic (exact) mass is 570 g/mol. The molecule has 1 nitrogen and oxygen atoms in total. The topological polar surface area (TPSA) is 9.23 Å². The fraction of sp³-hybridized carbons (Fsp3) is 0.0732. The van der Waals surface area contributed by atoms with Crippen LogP contribution in [0.2, 0.25) is 0 Å². The molecule has 8 rings (SSSR count). The van der Waals surface area contributed by atoms with Crippen LogP contribution in [0.15, 0.2) is 146 Å². The molecule has 0 spiro atoms. The van der Waals surface area contributed by atoms with Crippen molar-refractivity contribution in [3.8, 4) is 54.6 Å². The van der Waals surface area contributed by atoms with E-state index in [1.54, 1.807) is 0 Å². The summed E-state index contributed by atoms with van der Waals surface area (Å²) in [6.45, 7) is 4.56. The predicted molar refractivity (Wildman–Crippen MR) is 182 cm³/mol. The van der Waals surface area contributed by atoms with Gasteiger partial charge in [-0.15, -0.1) is 11.3 Å². The van der Waals surface area contributed by atoms with E-state index >= 15 is 0 Å². The Morgan fingerprint density at radius 3 is 2.09 bits per heavy atom. The zero-order valence-electron chi connectivity index (χ0n) is 24.2. The first kappa shape index (κ1) is 25.8. The van der Waals surface area contributed by atoms with Gasteiger partial charge in [0.1, 0.15) is 11.5 Å². The molecule has 0 N–H and O–H groups in total. The molecule has 2 heteroatoms. The maximum atomic E-state index is 6.45. The summed E-state index contributed by atoms with van der Waals surface area (Å²) in [4.78, 5) is 2.48. The average Bonchev–Trinajstić information content (AvgIpc) is 3.55. The lowest BCUT2D eigenvalue weighted by molar-refractivity contribution is 0.418. The van der Waals surface area contributed by atoms with Gasteiger partial charge in [-0.25, -0.2) is 0 Å². The third kappa shape index (κ3) is 4.38. The SMILES string of the molecule is CC1(C)c2ccccc2Oc2cc(-c3ccc(-c4cc(-c5ccccc5)ccc4-c4cccc5ccccc45)s3)ccc21. The van der Waals surface area contributed by atoms with Crippen molar-refractivity contribution < 1.29 is 4.74 Å². The highest BCUT2D eigenvalue weighted by Gasteiger charge is 2.34. The molecule has 1 aromatic heterocycles. The lowest BCUT2D eigenvalue weighted by atomic mass is 9.75. The van der Waals surface area contributed by atoms with Crippen molar-refractivity contribution in [1.82, 2.24) is 0 Å². The normalized spacial score (nSPS) is 13.3. The molecule has 43 heavy (non-hydrogen) atoms. The van der Waals surface area contributed by atoms with Gasteiger partial charge in [-0.2, -0.15) is 0 Å². The Hall–Kier alpha value is -4.92. The first-order valence-electron chi connectivity index (χ1n) is 14.8. The lowest BCUT2D eigenvalue weighted by Crippen LogP contribution is -2.24. The third-order valence-corrected chi connectivity index (χ3v) is 9.97. The highest BCUT2D eigenvalue weighted by atomic mass is 32.1. The van der Waals surface area contributed by atoms with E-state index in [1.807, 2.05) is 17.4 Å². The fourth-order valence-electron chi connectivity index (χ4n) is 6.50. The summed E-state index contributed by atoms with van der Waals surface area (Å²) in [5.74, 6) is 1.89. The van der Waals surface area contributed by atoms with Gasteiger partial charge in [-0.3, -0.25) is 0 Å². The predicted octanol–water partition coefficient (Wildman–Crippen LogP) is 12.0. The van der Waals surface area contributed by atoms with Crippen LogP contribution in [0.3, 0.4) is 0 Å². The molecular formula is C41H30OS. The number of thiophene rings is 1. The standard InChI is InChI=1S/C41H30OS/c1-41(2)35-17-8-9-18-37(35)42-38-26-30(20-22-36(38)41)39-23-24-40(43-39)34-25-29(27-11-4-3-5-12-27)19-21-33(34)32-16-10-14-28-13-6-7-15-31(28)32/h3-26H,1-2H3.